The van der Waals surface area contributed by atoms with E-state index >= 15 is 0 Å². The van der Waals surface area contributed by atoms with E-state index in [1.807, 2.05) is 18.2 Å². The quantitative estimate of drug-likeness (QED) is 0.891. The van der Waals surface area contributed by atoms with Crippen LogP contribution < -0.4 is 10.6 Å². The largest absolute Gasteiger partial charge is 0.339 e. The molecule has 1 aromatic carbocycles. The van der Waals surface area contributed by atoms with Gasteiger partial charge in [-0.2, -0.15) is 4.98 Å². The van der Waals surface area contributed by atoms with Crippen molar-refractivity contribution < 1.29 is 9.32 Å². The molecular formula is C12H15ClN4O2. The molecule has 6 nitrogen and oxygen atoms in total. The predicted octanol–water partition coefficient (Wildman–Crippen LogP) is 1.62. The summed E-state index contributed by atoms with van der Waals surface area (Å²) < 4.78 is 4.92. The number of aromatic nitrogens is 2. The Bertz CT molecular complexity index is 556. The van der Waals surface area contributed by atoms with Gasteiger partial charge in [0.2, 0.25) is 17.6 Å². The highest BCUT2D eigenvalue weighted by molar-refractivity contribution is 5.92. The number of carbonyl (C=O) groups is 1. The summed E-state index contributed by atoms with van der Waals surface area (Å²) in [6.45, 7) is 2.00. The van der Waals surface area contributed by atoms with Crippen LogP contribution in [0.2, 0.25) is 0 Å². The van der Waals surface area contributed by atoms with Crippen molar-refractivity contribution in [3.8, 4) is 11.4 Å². The van der Waals surface area contributed by atoms with Gasteiger partial charge in [-0.05, 0) is 19.2 Å². The lowest BCUT2D eigenvalue weighted by molar-refractivity contribution is -0.115. The molecular weight excluding hydrogens is 268 g/mol. The predicted molar refractivity (Wildman–Crippen MR) is 74.3 cm³/mol. The summed E-state index contributed by atoms with van der Waals surface area (Å²) in [6.07, 6.45) is 0. The van der Waals surface area contributed by atoms with Crippen LogP contribution in [0.1, 0.15) is 5.89 Å². The standard InChI is InChI=1S/C12H14N4O2.ClH/c1-8-14-12(16-18-8)9-4-3-5-10(6-9)15-11(17)7-13-2;/h3-6,13H,7H2,1-2H3,(H,15,17);1H. The molecule has 19 heavy (non-hydrogen) atoms. The van der Waals surface area contributed by atoms with Crippen LogP contribution in [-0.4, -0.2) is 29.6 Å². The zero-order chi connectivity index (χ0) is 13.0. The van der Waals surface area contributed by atoms with Gasteiger partial charge in [-0.15, -0.1) is 12.4 Å². The normalized spacial score (nSPS) is 9.79. The second-order valence-corrected chi connectivity index (χ2v) is 3.80. The minimum Gasteiger partial charge on any atom is -0.339 e. The Labute approximate surface area is 117 Å². The number of carbonyl (C=O) groups excluding carboxylic acids is 1. The SMILES string of the molecule is CNCC(=O)Nc1cccc(-c2noc(C)n2)c1.Cl. The number of aryl methyl sites for hydroxylation is 1. The Morgan fingerprint density at radius 3 is 2.84 bits per heavy atom. The van der Waals surface area contributed by atoms with Crippen molar-refractivity contribution in [2.75, 3.05) is 18.9 Å². The maximum atomic E-state index is 11.4. The van der Waals surface area contributed by atoms with Crippen LogP contribution in [0.3, 0.4) is 0 Å². The molecule has 0 spiro atoms. The van der Waals surface area contributed by atoms with Gasteiger partial charge in [-0.25, -0.2) is 0 Å². The monoisotopic (exact) mass is 282 g/mol. The van der Waals surface area contributed by atoms with Crippen LogP contribution in [0.5, 0.6) is 0 Å². The van der Waals surface area contributed by atoms with Gasteiger partial charge >= 0.3 is 0 Å². The number of nitrogens with one attached hydrogen (secondary N) is 2. The fourth-order valence-electron chi connectivity index (χ4n) is 1.52. The van der Waals surface area contributed by atoms with E-state index < -0.39 is 0 Å². The van der Waals surface area contributed by atoms with Crippen molar-refractivity contribution in [2.24, 2.45) is 0 Å². The zero-order valence-electron chi connectivity index (χ0n) is 10.6. The van der Waals surface area contributed by atoms with Gasteiger partial charge in [-0.3, -0.25) is 4.79 Å². The lowest BCUT2D eigenvalue weighted by Gasteiger charge is -2.05. The van der Waals surface area contributed by atoms with Gasteiger partial charge in [0, 0.05) is 18.2 Å². The van der Waals surface area contributed by atoms with E-state index in [1.165, 1.54) is 0 Å². The molecule has 0 aliphatic heterocycles. The lowest BCUT2D eigenvalue weighted by Crippen LogP contribution is -2.24. The fourth-order valence-corrected chi connectivity index (χ4v) is 1.52. The first-order valence-corrected chi connectivity index (χ1v) is 5.54. The highest BCUT2D eigenvalue weighted by Crippen LogP contribution is 2.19. The van der Waals surface area contributed by atoms with E-state index in [0.29, 0.717) is 17.4 Å². The molecule has 2 aromatic rings. The van der Waals surface area contributed by atoms with Gasteiger partial charge < -0.3 is 15.2 Å². The Morgan fingerprint density at radius 1 is 1.42 bits per heavy atom. The second-order valence-electron chi connectivity index (χ2n) is 3.80. The van der Waals surface area contributed by atoms with Gasteiger partial charge in [-0.1, -0.05) is 17.3 Å². The van der Waals surface area contributed by atoms with E-state index in [1.54, 1.807) is 20.0 Å². The second kappa shape index (κ2) is 6.86. The molecule has 1 aromatic heterocycles. The van der Waals surface area contributed by atoms with E-state index in [2.05, 4.69) is 20.8 Å². The van der Waals surface area contributed by atoms with Crippen molar-refractivity contribution in [2.45, 2.75) is 6.92 Å². The van der Waals surface area contributed by atoms with Crippen molar-refractivity contribution in [1.82, 2.24) is 15.5 Å². The number of hydrogen-bond acceptors (Lipinski definition) is 5. The first-order valence-electron chi connectivity index (χ1n) is 5.54. The molecule has 2 N–H and O–H groups in total. The molecule has 102 valence electrons. The van der Waals surface area contributed by atoms with Crippen LogP contribution in [0.15, 0.2) is 28.8 Å². The summed E-state index contributed by atoms with van der Waals surface area (Å²) in [5.41, 5.74) is 1.50. The number of halogens is 1. The number of benzene rings is 1. The number of anilines is 1. The molecule has 2 rings (SSSR count). The number of hydrogen-bond donors (Lipinski definition) is 2. The topological polar surface area (TPSA) is 80.0 Å². The van der Waals surface area contributed by atoms with Gasteiger partial charge in [0.25, 0.3) is 0 Å². The van der Waals surface area contributed by atoms with Crippen molar-refractivity contribution in [3.63, 3.8) is 0 Å². The Balaban J connectivity index is 0.00000180. The van der Waals surface area contributed by atoms with Crippen LogP contribution in [0.25, 0.3) is 11.4 Å². The summed E-state index contributed by atoms with van der Waals surface area (Å²) in [5.74, 6) is 0.922. The highest BCUT2D eigenvalue weighted by Gasteiger charge is 2.07. The zero-order valence-corrected chi connectivity index (χ0v) is 11.5. The molecule has 1 amide bonds. The van der Waals surface area contributed by atoms with Crippen LogP contribution in [0.4, 0.5) is 5.69 Å². The first-order chi connectivity index (χ1) is 8.69. The van der Waals surface area contributed by atoms with E-state index in [9.17, 15) is 4.79 Å². The lowest BCUT2D eigenvalue weighted by atomic mass is 10.2. The maximum absolute atomic E-state index is 11.4. The molecule has 0 bridgehead atoms. The minimum absolute atomic E-state index is 0. The summed E-state index contributed by atoms with van der Waals surface area (Å²) in [5, 5.41) is 9.39. The molecule has 0 unspecified atom stereocenters. The molecule has 1 heterocycles. The van der Waals surface area contributed by atoms with Crippen LogP contribution in [-0.2, 0) is 4.79 Å². The van der Waals surface area contributed by atoms with Crippen LogP contribution >= 0.6 is 12.4 Å². The number of likely N-dealkylation sites (N-methyl/N-ethyl adjacent to an activating group) is 1. The highest BCUT2D eigenvalue weighted by atomic mass is 35.5. The molecule has 0 saturated heterocycles. The molecule has 0 fully saturated rings. The average Bonchev–Trinajstić information content (AvgIpc) is 2.76. The summed E-state index contributed by atoms with van der Waals surface area (Å²) in [6, 6.07) is 7.30. The Hall–Kier alpha value is -1.92. The minimum atomic E-state index is -0.0982. The van der Waals surface area contributed by atoms with Gasteiger partial charge in [0.1, 0.15) is 0 Å². The third-order valence-corrected chi connectivity index (χ3v) is 2.27. The Morgan fingerprint density at radius 2 is 2.21 bits per heavy atom. The Kier molecular flexibility index (Phi) is 5.47. The molecule has 0 saturated carbocycles. The number of amides is 1. The van der Waals surface area contributed by atoms with Gasteiger partial charge in [0.15, 0.2) is 0 Å². The summed E-state index contributed by atoms with van der Waals surface area (Å²) >= 11 is 0. The summed E-state index contributed by atoms with van der Waals surface area (Å²) in [7, 11) is 1.72. The molecule has 0 atom stereocenters. The third kappa shape index (κ3) is 4.04. The van der Waals surface area contributed by atoms with E-state index in [-0.39, 0.29) is 24.9 Å². The molecule has 0 radical (unpaired) electrons. The molecule has 0 aliphatic rings. The summed E-state index contributed by atoms with van der Waals surface area (Å²) in [4.78, 5) is 15.6. The first kappa shape index (κ1) is 15.1. The van der Waals surface area contributed by atoms with Crippen molar-refractivity contribution in [1.29, 1.82) is 0 Å². The smallest absolute Gasteiger partial charge is 0.238 e. The van der Waals surface area contributed by atoms with Crippen molar-refractivity contribution >= 4 is 24.0 Å². The third-order valence-electron chi connectivity index (χ3n) is 2.27. The number of nitrogens with zero attached hydrogens (tertiary/aromatic N) is 2. The maximum Gasteiger partial charge on any atom is 0.238 e. The van der Waals surface area contributed by atoms with E-state index in [4.69, 9.17) is 4.52 Å². The number of rotatable bonds is 4. The fraction of sp³-hybridized carbons (Fsp3) is 0.250. The average molecular weight is 283 g/mol. The van der Waals surface area contributed by atoms with Crippen molar-refractivity contribution in [3.05, 3.63) is 30.2 Å². The van der Waals surface area contributed by atoms with Crippen LogP contribution in [0, 0.1) is 6.92 Å². The molecule has 0 aliphatic carbocycles. The molecule has 7 heteroatoms. The van der Waals surface area contributed by atoms with E-state index in [0.717, 1.165) is 5.56 Å². The van der Waals surface area contributed by atoms with Gasteiger partial charge in [0.05, 0.1) is 6.54 Å².